The molecule has 0 aromatic heterocycles. The third-order valence-corrected chi connectivity index (χ3v) is 5.60. The molecule has 2 rings (SSSR count). The fourth-order valence-electron chi connectivity index (χ4n) is 4.26. The summed E-state index contributed by atoms with van der Waals surface area (Å²) in [5, 5.41) is 3.97. The van der Waals surface area contributed by atoms with Crippen LogP contribution in [0.1, 0.15) is 66.2 Å². The highest BCUT2D eigenvalue weighted by Gasteiger charge is 2.44. The van der Waals surface area contributed by atoms with E-state index in [0.717, 1.165) is 12.5 Å². The van der Waals surface area contributed by atoms with Crippen molar-refractivity contribution >= 4 is 0 Å². The first kappa shape index (κ1) is 14.3. The van der Waals surface area contributed by atoms with Gasteiger partial charge in [0.1, 0.15) is 0 Å². The van der Waals surface area contributed by atoms with Gasteiger partial charge < -0.3 is 11.1 Å². The maximum absolute atomic E-state index is 6.17. The van der Waals surface area contributed by atoms with Crippen LogP contribution in [0.5, 0.6) is 0 Å². The Balaban J connectivity index is 2.02. The fraction of sp³-hybridized carbons (Fsp3) is 1.00. The van der Waals surface area contributed by atoms with Gasteiger partial charge in [-0.25, -0.2) is 0 Å². The third-order valence-electron chi connectivity index (χ3n) is 5.60. The lowest BCUT2D eigenvalue weighted by Gasteiger charge is -2.50. The van der Waals surface area contributed by atoms with Crippen molar-refractivity contribution in [2.75, 3.05) is 6.54 Å². The lowest BCUT2D eigenvalue weighted by molar-refractivity contribution is 0.0696. The normalized spacial score (nSPS) is 44.2. The molecule has 2 heteroatoms. The minimum absolute atomic E-state index is 0.213. The quantitative estimate of drug-likeness (QED) is 0.809. The summed E-state index contributed by atoms with van der Waals surface area (Å²) in [5.74, 6) is 1.59. The monoisotopic (exact) mass is 252 g/mol. The Hall–Kier alpha value is -0.0800. The van der Waals surface area contributed by atoms with Crippen molar-refractivity contribution in [3.8, 4) is 0 Å². The second-order valence-corrected chi connectivity index (χ2v) is 7.89. The van der Waals surface area contributed by atoms with E-state index in [1.54, 1.807) is 0 Å². The molecule has 0 saturated heterocycles. The lowest BCUT2D eigenvalue weighted by Crippen LogP contribution is -2.61. The molecule has 0 aliphatic heterocycles. The molecule has 0 spiro atoms. The summed E-state index contributed by atoms with van der Waals surface area (Å²) in [6, 6.07) is 0.715. The summed E-state index contributed by atoms with van der Waals surface area (Å²) < 4.78 is 0. The second kappa shape index (κ2) is 5.13. The standard InChI is InChI=1S/C16H32N2/c1-12-5-6-14(9-12)18-16(11-17)8-7-15(3,4)10-13(16)2/h12-14,18H,5-11,17H2,1-4H3. The van der Waals surface area contributed by atoms with Crippen LogP contribution in [0.25, 0.3) is 0 Å². The van der Waals surface area contributed by atoms with Crippen LogP contribution in [0, 0.1) is 17.3 Å². The molecule has 3 N–H and O–H groups in total. The molecular weight excluding hydrogens is 220 g/mol. The Morgan fingerprint density at radius 1 is 1.17 bits per heavy atom. The van der Waals surface area contributed by atoms with Gasteiger partial charge >= 0.3 is 0 Å². The molecule has 2 aliphatic rings. The van der Waals surface area contributed by atoms with Gasteiger partial charge in [-0.05, 0) is 55.8 Å². The molecule has 0 radical (unpaired) electrons. The molecule has 18 heavy (non-hydrogen) atoms. The van der Waals surface area contributed by atoms with Crippen molar-refractivity contribution in [3.63, 3.8) is 0 Å². The highest BCUT2D eigenvalue weighted by atomic mass is 15.0. The van der Waals surface area contributed by atoms with Gasteiger partial charge in [0, 0.05) is 18.1 Å². The molecule has 2 saturated carbocycles. The average molecular weight is 252 g/mol. The molecule has 0 amide bonds. The Bertz CT molecular complexity index is 287. The van der Waals surface area contributed by atoms with E-state index in [1.165, 1.54) is 38.5 Å². The molecule has 0 heterocycles. The van der Waals surface area contributed by atoms with Crippen LogP contribution >= 0.6 is 0 Å². The first-order chi connectivity index (χ1) is 8.37. The molecule has 0 aromatic rings. The van der Waals surface area contributed by atoms with Crippen molar-refractivity contribution < 1.29 is 0 Å². The highest BCUT2D eigenvalue weighted by molar-refractivity contribution is 5.02. The minimum Gasteiger partial charge on any atom is -0.329 e. The number of hydrogen-bond donors (Lipinski definition) is 2. The summed E-state index contributed by atoms with van der Waals surface area (Å²) in [6.07, 6.45) is 7.95. The molecular formula is C16H32N2. The van der Waals surface area contributed by atoms with Gasteiger partial charge in [-0.15, -0.1) is 0 Å². The van der Waals surface area contributed by atoms with Gasteiger partial charge in [-0.3, -0.25) is 0 Å². The summed E-state index contributed by atoms with van der Waals surface area (Å²) in [7, 11) is 0. The van der Waals surface area contributed by atoms with Crippen molar-refractivity contribution in [2.24, 2.45) is 23.0 Å². The zero-order valence-electron chi connectivity index (χ0n) is 12.8. The maximum atomic E-state index is 6.17. The predicted molar refractivity (Wildman–Crippen MR) is 78.5 cm³/mol. The van der Waals surface area contributed by atoms with Crippen molar-refractivity contribution in [3.05, 3.63) is 0 Å². The molecule has 2 aliphatic carbocycles. The van der Waals surface area contributed by atoms with Crippen molar-refractivity contribution in [1.29, 1.82) is 0 Å². The van der Waals surface area contributed by atoms with Crippen LogP contribution < -0.4 is 11.1 Å². The first-order valence-electron chi connectivity index (χ1n) is 7.85. The fourth-order valence-corrected chi connectivity index (χ4v) is 4.26. The molecule has 2 fully saturated rings. The Morgan fingerprint density at radius 3 is 2.39 bits per heavy atom. The lowest BCUT2D eigenvalue weighted by atomic mass is 9.63. The van der Waals surface area contributed by atoms with Crippen LogP contribution in [0.3, 0.4) is 0 Å². The van der Waals surface area contributed by atoms with E-state index >= 15 is 0 Å². The van der Waals surface area contributed by atoms with E-state index in [0.29, 0.717) is 17.4 Å². The first-order valence-corrected chi connectivity index (χ1v) is 7.85. The maximum Gasteiger partial charge on any atom is 0.0332 e. The molecule has 0 aromatic carbocycles. The van der Waals surface area contributed by atoms with Crippen LogP contribution in [0.4, 0.5) is 0 Å². The molecule has 4 unspecified atom stereocenters. The summed E-state index contributed by atoms with van der Waals surface area (Å²) in [6.45, 7) is 10.4. The van der Waals surface area contributed by atoms with Gasteiger partial charge in [0.25, 0.3) is 0 Å². The number of nitrogens with one attached hydrogen (secondary N) is 1. The number of nitrogens with two attached hydrogens (primary N) is 1. The van der Waals surface area contributed by atoms with Gasteiger partial charge in [-0.2, -0.15) is 0 Å². The van der Waals surface area contributed by atoms with Crippen LogP contribution in [0.15, 0.2) is 0 Å². The topological polar surface area (TPSA) is 38.0 Å². The Labute approximate surface area is 113 Å². The van der Waals surface area contributed by atoms with E-state index in [2.05, 4.69) is 33.0 Å². The van der Waals surface area contributed by atoms with Crippen molar-refractivity contribution in [1.82, 2.24) is 5.32 Å². The average Bonchev–Trinajstić information content (AvgIpc) is 2.68. The van der Waals surface area contributed by atoms with Crippen LogP contribution in [-0.2, 0) is 0 Å². The summed E-state index contributed by atoms with van der Waals surface area (Å²) >= 11 is 0. The second-order valence-electron chi connectivity index (χ2n) is 7.89. The van der Waals surface area contributed by atoms with Gasteiger partial charge in [-0.1, -0.05) is 27.7 Å². The van der Waals surface area contributed by atoms with E-state index < -0.39 is 0 Å². The van der Waals surface area contributed by atoms with Crippen LogP contribution in [-0.4, -0.2) is 18.1 Å². The smallest absolute Gasteiger partial charge is 0.0332 e. The highest BCUT2D eigenvalue weighted by Crippen LogP contribution is 2.44. The van der Waals surface area contributed by atoms with E-state index in [9.17, 15) is 0 Å². The molecule has 2 nitrogen and oxygen atoms in total. The SMILES string of the molecule is CC1CCC(NC2(CN)CCC(C)(C)CC2C)C1. The number of hydrogen-bond acceptors (Lipinski definition) is 2. The molecule has 0 bridgehead atoms. The Morgan fingerprint density at radius 2 is 1.89 bits per heavy atom. The zero-order chi connectivity index (χ0) is 13.4. The summed E-state index contributed by atoms with van der Waals surface area (Å²) in [4.78, 5) is 0. The summed E-state index contributed by atoms with van der Waals surface area (Å²) in [5.41, 5.74) is 6.88. The molecule has 4 atom stereocenters. The third kappa shape index (κ3) is 2.91. The van der Waals surface area contributed by atoms with Crippen LogP contribution in [0.2, 0.25) is 0 Å². The zero-order valence-corrected chi connectivity index (χ0v) is 12.8. The van der Waals surface area contributed by atoms with Gasteiger partial charge in [0.05, 0.1) is 0 Å². The number of rotatable bonds is 3. The van der Waals surface area contributed by atoms with E-state index in [1.807, 2.05) is 0 Å². The van der Waals surface area contributed by atoms with Crippen molar-refractivity contribution in [2.45, 2.75) is 77.8 Å². The van der Waals surface area contributed by atoms with Gasteiger partial charge in [0.2, 0.25) is 0 Å². The Kier molecular flexibility index (Phi) is 4.08. The van der Waals surface area contributed by atoms with E-state index in [-0.39, 0.29) is 5.54 Å². The molecule has 106 valence electrons. The largest absolute Gasteiger partial charge is 0.329 e. The van der Waals surface area contributed by atoms with E-state index in [4.69, 9.17) is 5.73 Å². The van der Waals surface area contributed by atoms with Gasteiger partial charge in [0.15, 0.2) is 0 Å². The minimum atomic E-state index is 0.213. The predicted octanol–water partition coefficient (Wildman–Crippen LogP) is 3.31.